The van der Waals surface area contributed by atoms with Gasteiger partial charge >= 0.3 is 0 Å². The molecule has 1 nitrogen and oxygen atoms in total. The molecule has 1 heteroatoms. The van der Waals surface area contributed by atoms with Crippen molar-refractivity contribution in [2.24, 2.45) is 11.3 Å². The maximum Gasteiger partial charge on any atom is 0.152 e. The minimum absolute atomic E-state index is 0.0465. The molecule has 0 spiro atoms. The van der Waals surface area contributed by atoms with Gasteiger partial charge in [-0.05, 0) is 25.8 Å². The molecule has 0 aliphatic rings. The zero-order chi connectivity index (χ0) is 12.1. The molecule has 0 aliphatic carbocycles. The van der Waals surface area contributed by atoms with E-state index in [2.05, 4.69) is 27.4 Å². The Balaban J connectivity index is 5.04. The van der Waals surface area contributed by atoms with Crippen LogP contribution in [0.25, 0.3) is 0 Å². The first-order chi connectivity index (χ1) is 6.88. The van der Waals surface area contributed by atoms with Gasteiger partial charge in [0.2, 0.25) is 0 Å². The standard InChI is InChI=1S/C14H24O/c1-7-13(8-2)14(6,11(3)4)10-9-12(5)15/h9-10,13H,3,7-8H2,1-2,4-6H3/b10-9+. The number of hydrogen-bond donors (Lipinski definition) is 0. The molecule has 0 aromatic heterocycles. The highest BCUT2D eigenvalue weighted by molar-refractivity contribution is 5.87. The van der Waals surface area contributed by atoms with Crippen molar-refractivity contribution in [3.05, 3.63) is 24.3 Å². The van der Waals surface area contributed by atoms with Crippen LogP contribution in [0, 0.1) is 11.3 Å². The molecular weight excluding hydrogens is 184 g/mol. The third-order valence-electron chi connectivity index (χ3n) is 3.42. The number of allylic oxidation sites excluding steroid dienone is 3. The van der Waals surface area contributed by atoms with E-state index in [-0.39, 0.29) is 11.2 Å². The van der Waals surface area contributed by atoms with E-state index >= 15 is 0 Å². The molecular formula is C14H24O. The lowest BCUT2D eigenvalue weighted by molar-refractivity contribution is -0.112. The van der Waals surface area contributed by atoms with E-state index in [4.69, 9.17) is 0 Å². The Morgan fingerprint density at radius 3 is 2.07 bits per heavy atom. The first-order valence-corrected chi connectivity index (χ1v) is 5.74. The SMILES string of the molecule is C=C(C)C(C)(/C=C/C(C)=O)C(CC)CC. The highest BCUT2D eigenvalue weighted by Crippen LogP contribution is 2.39. The quantitative estimate of drug-likeness (QED) is 0.473. The monoisotopic (exact) mass is 208 g/mol. The third-order valence-corrected chi connectivity index (χ3v) is 3.42. The first-order valence-electron chi connectivity index (χ1n) is 5.74. The fourth-order valence-electron chi connectivity index (χ4n) is 2.05. The Kier molecular flexibility index (Phi) is 5.56. The molecule has 0 radical (unpaired) electrons. The summed E-state index contributed by atoms with van der Waals surface area (Å²) in [6, 6.07) is 0. The van der Waals surface area contributed by atoms with E-state index < -0.39 is 0 Å². The predicted molar refractivity (Wildman–Crippen MR) is 66.8 cm³/mol. The summed E-state index contributed by atoms with van der Waals surface area (Å²) < 4.78 is 0. The van der Waals surface area contributed by atoms with E-state index in [9.17, 15) is 4.79 Å². The molecule has 0 aliphatic heterocycles. The van der Waals surface area contributed by atoms with Crippen molar-refractivity contribution in [1.82, 2.24) is 0 Å². The van der Waals surface area contributed by atoms with Crippen LogP contribution in [-0.2, 0) is 4.79 Å². The highest BCUT2D eigenvalue weighted by Gasteiger charge is 2.29. The average Bonchev–Trinajstić information content (AvgIpc) is 2.16. The Bertz CT molecular complexity index is 259. The summed E-state index contributed by atoms with van der Waals surface area (Å²) >= 11 is 0. The van der Waals surface area contributed by atoms with E-state index in [0.29, 0.717) is 5.92 Å². The van der Waals surface area contributed by atoms with E-state index in [1.807, 2.05) is 13.0 Å². The summed E-state index contributed by atoms with van der Waals surface area (Å²) in [5, 5.41) is 0. The molecule has 1 unspecified atom stereocenters. The lowest BCUT2D eigenvalue weighted by Crippen LogP contribution is -2.25. The van der Waals surface area contributed by atoms with E-state index in [1.165, 1.54) is 0 Å². The van der Waals surface area contributed by atoms with Gasteiger partial charge in [-0.15, -0.1) is 0 Å². The molecule has 0 aromatic carbocycles. The molecule has 0 N–H and O–H groups in total. The zero-order valence-corrected chi connectivity index (χ0v) is 10.8. The lowest BCUT2D eigenvalue weighted by atomic mass is 9.69. The second-order valence-corrected chi connectivity index (χ2v) is 4.52. The van der Waals surface area contributed by atoms with Crippen LogP contribution >= 0.6 is 0 Å². The van der Waals surface area contributed by atoms with Gasteiger partial charge in [-0.1, -0.05) is 51.8 Å². The summed E-state index contributed by atoms with van der Waals surface area (Å²) in [5.41, 5.74) is 1.09. The molecule has 15 heavy (non-hydrogen) atoms. The van der Waals surface area contributed by atoms with E-state index in [1.54, 1.807) is 13.0 Å². The van der Waals surface area contributed by atoms with Gasteiger partial charge in [0.15, 0.2) is 5.78 Å². The molecule has 0 fully saturated rings. The van der Waals surface area contributed by atoms with Crippen LogP contribution in [0.1, 0.15) is 47.5 Å². The summed E-state index contributed by atoms with van der Waals surface area (Å²) in [6.07, 6.45) is 5.92. The predicted octanol–water partition coefficient (Wildman–Crippen LogP) is 4.15. The van der Waals surface area contributed by atoms with Crippen LogP contribution in [0.5, 0.6) is 0 Å². The smallest absolute Gasteiger partial charge is 0.152 e. The maximum atomic E-state index is 11.0. The molecule has 0 bridgehead atoms. The topological polar surface area (TPSA) is 17.1 Å². The Morgan fingerprint density at radius 1 is 1.33 bits per heavy atom. The molecule has 0 saturated heterocycles. The Labute approximate surface area is 94.3 Å². The van der Waals surface area contributed by atoms with Gasteiger partial charge in [-0.3, -0.25) is 4.79 Å². The average molecular weight is 208 g/mol. The molecule has 0 rings (SSSR count). The van der Waals surface area contributed by atoms with Crippen molar-refractivity contribution >= 4 is 5.78 Å². The molecule has 0 saturated carbocycles. The van der Waals surface area contributed by atoms with Crippen molar-refractivity contribution in [3.8, 4) is 0 Å². The minimum atomic E-state index is -0.0465. The van der Waals surface area contributed by atoms with Gasteiger partial charge in [-0.2, -0.15) is 0 Å². The molecule has 0 aromatic rings. The van der Waals surface area contributed by atoms with Crippen LogP contribution in [0.4, 0.5) is 0 Å². The van der Waals surface area contributed by atoms with Gasteiger partial charge in [0.25, 0.3) is 0 Å². The van der Waals surface area contributed by atoms with Crippen molar-refractivity contribution in [2.75, 3.05) is 0 Å². The van der Waals surface area contributed by atoms with Crippen molar-refractivity contribution in [1.29, 1.82) is 0 Å². The van der Waals surface area contributed by atoms with Gasteiger partial charge in [-0.25, -0.2) is 0 Å². The lowest BCUT2D eigenvalue weighted by Gasteiger charge is -2.35. The fraction of sp³-hybridized carbons (Fsp3) is 0.643. The summed E-state index contributed by atoms with van der Waals surface area (Å²) in [7, 11) is 0. The van der Waals surface area contributed by atoms with Crippen molar-refractivity contribution in [2.45, 2.75) is 47.5 Å². The van der Waals surface area contributed by atoms with E-state index in [0.717, 1.165) is 18.4 Å². The van der Waals surface area contributed by atoms with Gasteiger partial charge in [0, 0.05) is 5.41 Å². The number of carbonyl (C=O) groups excluding carboxylic acids is 1. The molecule has 86 valence electrons. The van der Waals surface area contributed by atoms with Crippen LogP contribution in [0.2, 0.25) is 0 Å². The molecule has 0 heterocycles. The normalized spacial score (nSPS) is 15.6. The number of ketones is 1. The van der Waals surface area contributed by atoms with Gasteiger partial charge in [0.05, 0.1) is 0 Å². The maximum absolute atomic E-state index is 11.0. The molecule has 1 atom stereocenters. The second kappa shape index (κ2) is 5.89. The van der Waals surface area contributed by atoms with Gasteiger partial charge < -0.3 is 0 Å². The van der Waals surface area contributed by atoms with Crippen molar-refractivity contribution < 1.29 is 4.79 Å². The summed E-state index contributed by atoms with van der Waals surface area (Å²) in [6.45, 7) is 14.2. The van der Waals surface area contributed by atoms with Crippen LogP contribution in [0.15, 0.2) is 24.3 Å². The Morgan fingerprint density at radius 2 is 1.80 bits per heavy atom. The number of carbonyl (C=O) groups is 1. The largest absolute Gasteiger partial charge is 0.295 e. The second-order valence-electron chi connectivity index (χ2n) is 4.52. The summed E-state index contributed by atoms with van der Waals surface area (Å²) in [4.78, 5) is 11.0. The van der Waals surface area contributed by atoms with Crippen LogP contribution in [0.3, 0.4) is 0 Å². The Hall–Kier alpha value is -0.850. The highest BCUT2D eigenvalue weighted by atomic mass is 16.1. The number of rotatable bonds is 6. The van der Waals surface area contributed by atoms with Crippen LogP contribution < -0.4 is 0 Å². The van der Waals surface area contributed by atoms with Gasteiger partial charge in [0.1, 0.15) is 0 Å². The minimum Gasteiger partial charge on any atom is -0.295 e. The molecule has 0 amide bonds. The fourth-order valence-corrected chi connectivity index (χ4v) is 2.05. The summed E-state index contributed by atoms with van der Waals surface area (Å²) in [5.74, 6) is 0.666. The third kappa shape index (κ3) is 3.65. The first kappa shape index (κ1) is 14.2. The number of hydrogen-bond acceptors (Lipinski definition) is 1. The van der Waals surface area contributed by atoms with Crippen LogP contribution in [-0.4, -0.2) is 5.78 Å². The zero-order valence-electron chi connectivity index (χ0n) is 10.8. The van der Waals surface area contributed by atoms with Crippen molar-refractivity contribution in [3.63, 3.8) is 0 Å².